The van der Waals surface area contributed by atoms with Crippen LogP contribution >= 0.6 is 12.2 Å². The molecule has 1 atom stereocenters. The van der Waals surface area contributed by atoms with E-state index < -0.39 is 23.1 Å². The van der Waals surface area contributed by atoms with Gasteiger partial charge in [-0.2, -0.15) is 0 Å². The van der Waals surface area contributed by atoms with Crippen molar-refractivity contribution >= 4 is 23.1 Å². The van der Waals surface area contributed by atoms with E-state index in [1.54, 1.807) is 13.8 Å². The summed E-state index contributed by atoms with van der Waals surface area (Å²) in [6, 6.07) is 2.60. The number of carbonyl (C=O) groups excluding carboxylic acids is 1. The van der Waals surface area contributed by atoms with Crippen molar-refractivity contribution in [1.29, 1.82) is 0 Å². The van der Waals surface area contributed by atoms with Crippen LogP contribution in [0.1, 0.15) is 30.6 Å². The van der Waals surface area contributed by atoms with Gasteiger partial charge in [0.05, 0.1) is 10.5 Å². The lowest BCUT2D eigenvalue weighted by Crippen LogP contribution is -2.54. The van der Waals surface area contributed by atoms with E-state index in [1.165, 1.54) is 0 Å². The van der Waals surface area contributed by atoms with E-state index in [1.807, 2.05) is 0 Å². The smallest absolute Gasteiger partial charge is 0.252 e. The molecular formula is C12H14F2N2OS. The number of thiocarbonyl (C=S) groups is 1. The van der Waals surface area contributed by atoms with Gasteiger partial charge >= 0.3 is 0 Å². The first kappa shape index (κ1) is 14.5. The highest BCUT2D eigenvalue weighted by atomic mass is 32.1. The fourth-order valence-corrected chi connectivity index (χ4v) is 1.53. The third-order valence-corrected chi connectivity index (χ3v) is 3.22. The van der Waals surface area contributed by atoms with Crippen LogP contribution in [-0.2, 0) is 0 Å². The molecule has 1 amide bonds. The number of rotatable bonds is 4. The second-order valence-electron chi connectivity index (χ2n) is 4.16. The number of hydrogen-bond donors (Lipinski definition) is 2. The zero-order valence-electron chi connectivity index (χ0n) is 10.1. The first-order chi connectivity index (χ1) is 8.28. The largest absolute Gasteiger partial charge is 0.391 e. The Morgan fingerprint density at radius 2 is 1.89 bits per heavy atom. The standard InChI is InChI=1S/C12H14F2N2OS/c1-3-12(2,11(15)18)16-10(17)7-4-8(13)6-9(14)5-7/h4-6H,3H2,1-2H3,(H2,15,18)(H,16,17). The van der Waals surface area contributed by atoms with Crippen LogP contribution in [0, 0.1) is 11.6 Å². The highest BCUT2D eigenvalue weighted by Gasteiger charge is 2.28. The predicted octanol–water partition coefficient (Wildman–Crippen LogP) is 2.15. The van der Waals surface area contributed by atoms with Gasteiger partial charge in [-0.15, -0.1) is 0 Å². The predicted molar refractivity (Wildman–Crippen MR) is 69.3 cm³/mol. The van der Waals surface area contributed by atoms with Crippen LogP contribution in [0.3, 0.4) is 0 Å². The van der Waals surface area contributed by atoms with E-state index in [4.69, 9.17) is 18.0 Å². The molecule has 6 heteroatoms. The summed E-state index contributed by atoms with van der Waals surface area (Å²) < 4.78 is 26.0. The van der Waals surface area contributed by atoms with Crippen molar-refractivity contribution in [1.82, 2.24) is 5.32 Å². The van der Waals surface area contributed by atoms with Crippen molar-refractivity contribution in [2.75, 3.05) is 0 Å². The summed E-state index contributed by atoms with van der Waals surface area (Å²) in [5, 5.41) is 2.57. The van der Waals surface area contributed by atoms with Crippen LogP contribution in [-0.4, -0.2) is 16.4 Å². The van der Waals surface area contributed by atoms with Gasteiger partial charge in [-0.25, -0.2) is 8.78 Å². The van der Waals surface area contributed by atoms with Crippen molar-refractivity contribution in [2.24, 2.45) is 5.73 Å². The molecule has 0 spiro atoms. The highest BCUT2D eigenvalue weighted by molar-refractivity contribution is 7.80. The molecule has 1 rings (SSSR count). The zero-order valence-corrected chi connectivity index (χ0v) is 10.9. The van der Waals surface area contributed by atoms with E-state index in [9.17, 15) is 13.6 Å². The Morgan fingerprint density at radius 3 is 2.28 bits per heavy atom. The summed E-state index contributed by atoms with van der Waals surface area (Å²) in [6.07, 6.45) is 0.478. The molecule has 1 unspecified atom stereocenters. The summed E-state index contributed by atoms with van der Waals surface area (Å²) in [5.74, 6) is -2.24. The van der Waals surface area contributed by atoms with Crippen molar-refractivity contribution in [3.05, 3.63) is 35.4 Å². The summed E-state index contributed by atoms with van der Waals surface area (Å²) in [4.78, 5) is 12.0. The molecule has 98 valence electrons. The molecule has 3 nitrogen and oxygen atoms in total. The van der Waals surface area contributed by atoms with Crippen LogP contribution in [0.15, 0.2) is 18.2 Å². The second kappa shape index (κ2) is 5.39. The van der Waals surface area contributed by atoms with Gasteiger partial charge in [0.25, 0.3) is 5.91 Å². The Kier molecular flexibility index (Phi) is 4.34. The van der Waals surface area contributed by atoms with Crippen LogP contribution < -0.4 is 11.1 Å². The molecule has 0 saturated heterocycles. The van der Waals surface area contributed by atoms with Gasteiger partial charge in [-0.3, -0.25) is 4.79 Å². The van der Waals surface area contributed by atoms with Crippen molar-refractivity contribution in [2.45, 2.75) is 25.8 Å². The van der Waals surface area contributed by atoms with Gasteiger partial charge in [-0.1, -0.05) is 19.1 Å². The molecule has 0 heterocycles. The van der Waals surface area contributed by atoms with E-state index in [0.29, 0.717) is 12.5 Å². The average Bonchev–Trinajstić information content (AvgIpc) is 2.27. The van der Waals surface area contributed by atoms with E-state index in [0.717, 1.165) is 12.1 Å². The first-order valence-corrected chi connectivity index (χ1v) is 5.78. The van der Waals surface area contributed by atoms with Crippen LogP contribution in [0.2, 0.25) is 0 Å². The minimum atomic E-state index is -0.880. The fraction of sp³-hybridized carbons (Fsp3) is 0.333. The molecule has 0 bridgehead atoms. The Balaban J connectivity index is 2.98. The normalized spacial score (nSPS) is 13.8. The number of nitrogens with one attached hydrogen (secondary N) is 1. The molecule has 0 aromatic heterocycles. The topological polar surface area (TPSA) is 55.1 Å². The minimum absolute atomic E-state index is 0.108. The molecule has 0 saturated carbocycles. The molecule has 1 aromatic carbocycles. The lowest BCUT2D eigenvalue weighted by atomic mass is 9.98. The molecule has 0 aliphatic rings. The van der Waals surface area contributed by atoms with Gasteiger partial charge in [-0.05, 0) is 25.5 Å². The second-order valence-corrected chi connectivity index (χ2v) is 4.60. The van der Waals surface area contributed by atoms with Crippen molar-refractivity contribution in [3.63, 3.8) is 0 Å². The van der Waals surface area contributed by atoms with E-state index in [2.05, 4.69) is 5.32 Å². The number of carbonyl (C=O) groups is 1. The summed E-state index contributed by atoms with van der Waals surface area (Å²) in [5.41, 5.74) is 4.55. The summed E-state index contributed by atoms with van der Waals surface area (Å²) >= 11 is 4.86. The number of nitrogens with two attached hydrogens (primary N) is 1. The summed E-state index contributed by atoms with van der Waals surface area (Å²) in [6.45, 7) is 3.45. The fourth-order valence-electron chi connectivity index (χ4n) is 1.33. The highest BCUT2D eigenvalue weighted by Crippen LogP contribution is 2.13. The van der Waals surface area contributed by atoms with Gasteiger partial charge in [0, 0.05) is 11.6 Å². The summed E-state index contributed by atoms with van der Waals surface area (Å²) in [7, 11) is 0. The van der Waals surface area contributed by atoms with Gasteiger partial charge in [0.15, 0.2) is 0 Å². The number of amides is 1. The Morgan fingerprint density at radius 1 is 1.39 bits per heavy atom. The quantitative estimate of drug-likeness (QED) is 0.826. The maximum Gasteiger partial charge on any atom is 0.252 e. The number of benzene rings is 1. The SMILES string of the molecule is CCC(C)(NC(=O)c1cc(F)cc(F)c1)C(N)=S. The first-order valence-electron chi connectivity index (χ1n) is 5.37. The van der Waals surface area contributed by atoms with E-state index >= 15 is 0 Å². The monoisotopic (exact) mass is 272 g/mol. The lowest BCUT2D eigenvalue weighted by molar-refractivity contribution is 0.0925. The van der Waals surface area contributed by atoms with Crippen LogP contribution in [0.25, 0.3) is 0 Å². The van der Waals surface area contributed by atoms with Gasteiger partial charge < -0.3 is 11.1 Å². The third kappa shape index (κ3) is 3.22. The number of hydrogen-bond acceptors (Lipinski definition) is 2. The van der Waals surface area contributed by atoms with E-state index in [-0.39, 0.29) is 10.6 Å². The van der Waals surface area contributed by atoms with Gasteiger partial charge in [0.2, 0.25) is 0 Å². The third-order valence-electron chi connectivity index (χ3n) is 2.77. The maximum absolute atomic E-state index is 13.0. The lowest BCUT2D eigenvalue weighted by Gasteiger charge is -2.28. The molecule has 0 aliphatic heterocycles. The molecule has 0 fully saturated rings. The Bertz CT molecular complexity index is 473. The van der Waals surface area contributed by atoms with Gasteiger partial charge in [0.1, 0.15) is 11.6 Å². The molecule has 0 aliphatic carbocycles. The van der Waals surface area contributed by atoms with Crippen molar-refractivity contribution in [3.8, 4) is 0 Å². The minimum Gasteiger partial charge on any atom is -0.391 e. The molecule has 18 heavy (non-hydrogen) atoms. The van der Waals surface area contributed by atoms with Crippen molar-refractivity contribution < 1.29 is 13.6 Å². The van der Waals surface area contributed by atoms with Crippen LogP contribution in [0.5, 0.6) is 0 Å². The molecule has 3 N–H and O–H groups in total. The molecule has 1 aromatic rings. The maximum atomic E-state index is 13.0. The Hall–Kier alpha value is -1.56. The molecular weight excluding hydrogens is 258 g/mol. The zero-order chi connectivity index (χ0) is 13.9. The average molecular weight is 272 g/mol. The molecule has 0 radical (unpaired) electrons. The number of halogens is 2. The van der Waals surface area contributed by atoms with Crippen LogP contribution in [0.4, 0.5) is 8.78 Å². The Labute approximate surface area is 109 Å².